The SMILES string of the molecule is O=C(Nc1cc(C(F)(F)F)ccc1Cl)Nc1cc(C(F)(F)F)ccc1Cl. The van der Waals surface area contributed by atoms with E-state index in [2.05, 4.69) is 0 Å². The summed E-state index contributed by atoms with van der Waals surface area (Å²) >= 11 is 11.5. The molecule has 3 nitrogen and oxygen atoms in total. The van der Waals surface area contributed by atoms with Crippen molar-refractivity contribution < 1.29 is 31.1 Å². The second kappa shape index (κ2) is 7.24. The monoisotopic (exact) mass is 416 g/mol. The maximum atomic E-state index is 12.7. The first kappa shape index (κ1) is 20.2. The van der Waals surface area contributed by atoms with Crippen LogP contribution in [-0.2, 0) is 12.4 Å². The van der Waals surface area contributed by atoms with E-state index in [-0.39, 0.29) is 21.4 Å². The fourth-order valence-corrected chi connectivity index (χ4v) is 2.20. The minimum atomic E-state index is -4.66. The maximum Gasteiger partial charge on any atom is 0.416 e. The lowest BCUT2D eigenvalue weighted by Crippen LogP contribution is -2.21. The lowest BCUT2D eigenvalue weighted by Gasteiger charge is -2.14. The van der Waals surface area contributed by atoms with Crippen LogP contribution < -0.4 is 10.6 Å². The zero-order chi connectivity index (χ0) is 19.7. The molecule has 0 aromatic heterocycles. The molecule has 0 radical (unpaired) electrons. The third kappa shape index (κ3) is 4.95. The number of carbonyl (C=O) groups is 1. The summed E-state index contributed by atoms with van der Waals surface area (Å²) in [4.78, 5) is 11.9. The van der Waals surface area contributed by atoms with Crippen LogP contribution in [0.15, 0.2) is 36.4 Å². The third-order valence-electron chi connectivity index (χ3n) is 3.08. The second-order valence-corrected chi connectivity index (χ2v) is 5.78. The molecule has 0 unspecified atom stereocenters. The van der Waals surface area contributed by atoms with Crippen LogP contribution in [0.4, 0.5) is 42.5 Å². The van der Waals surface area contributed by atoms with Crippen LogP contribution in [0.2, 0.25) is 10.0 Å². The summed E-state index contributed by atoms with van der Waals surface area (Å²) in [6, 6.07) is 3.36. The number of hydrogen-bond acceptors (Lipinski definition) is 1. The van der Waals surface area contributed by atoms with Crippen molar-refractivity contribution in [3.05, 3.63) is 57.6 Å². The van der Waals surface area contributed by atoms with Crippen LogP contribution in [0, 0.1) is 0 Å². The minimum Gasteiger partial charge on any atom is -0.306 e. The largest absolute Gasteiger partial charge is 0.416 e. The first-order valence-corrected chi connectivity index (χ1v) is 7.45. The molecule has 0 fully saturated rings. The Kier molecular flexibility index (Phi) is 5.62. The average molecular weight is 417 g/mol. The summed E-state index contributed by atoms with van der Waals surface area (Å²) in [5, 5.41) is 3.69. The normalized spacial score (nSPS) is 12.0. The molecule has 2 aromatic carbocycles. The molecule has 0 spiro atoms. The highest BCUT2D eigenvalue weighted by Gasteiger charge is 2.32. The molecule has 2 aromatic rings. The first-order valence-electron chi connectivity index (χ1n) is 6.69. The van der Waals surface area contributed by atoms with Gasteiger partial charge in [-0.2, -0.15) is 26.3 Å². The summed E-state index contributed by atoms with van der Waals surface area (Å²) in [6.45, 7) is 0. The van der Waals surface area contributed by atoms with Gasteiger partial charge < -0.3 is 10.6 Å². The number of carbonyl (C=O) groups excluding carboxylic acids is 1. The van der Waals surface area contributed by atoms with Gasteiger partial charge in [0.05, 0.1) is 32.5 Å². The zero-order valence-corrected chi connectivity index (χ0v) is 13.9. The van der Waals surface area contributed by atoms with Crippen molar-refractivity contribution in [1.29, 1.82) is 0 Å². The number of benzene rings is 2. The lowest BCUT2D eigenvalue weighted by molar-refractivity contribution is -0.138. The number of rotatable bonds is 2. The van der Waals surface area contributed by atoms with Gasteiger partial charge in [0.1, 0.15) is 0 Å². The summed E-state index contributed by atoms with van der Waals surface area (Å²) < 4.78 is 76.2. The van der Waals surface area contributed by atoms with Gasteiger partial charge in [0.2, 0.25) is 0 Å². The maximum absolute atomic E-state index is 12.7. The number of nitrogens with one attached hydrogen (secondary N) is 2. The Morgan fingerprint density at radius 3 is 1.38 bits per heavy atom. The van der Waals surface area contributed by atoms with Gasteiger partial charge in [0.25, 0.3) is 0 Å². The Morgan fingerprint density at radius 2 is 1.08 bits per heavy atom. The third-order valence-corrected chi connectivity index (χ3v) is 3.74. The highest BCUT2D eigenvalue weighted by atomic mass is 35.5. The van der Waals surface area contributed by atoms with Crippen LogP contribution in [0.3, 0.4) is 0 Å². The molecule has 0 aliphatic rings. The average Bonchev–Trinajstić information content (AvgIpc) is 2.49. The van der Waals surface area contributed by atoms with Gasteiger partial charge in [-0.1, -0.05) is 23.2 Å². The lowest BCUT2D eigenvalue weighted by atomic mass is 10.2. The fraction of sp³-hybridized carbons (Fsp3) is 0.133. The van der Waals surface area contributed by atoms with Gasteiger partial charge in [-0.05, 0) is 36.4 Å². The Labute approximate surface area is 152 Å². The standard InChI is InChI=1S/C15H8Cl2F6N2O/c16-9-3-1-7(14(18,19)20)5-11(9)24-13(26)25-12-6-8(15(21,22)23)2-4-10(12)17/h1-6H,(H2,24,25,26). The Bertz CT molecular complexity index is 768. The van der Waals surface area contributed by atoms with E-state index in [4.69, 9.17) is 23.2 Å². The predicted octanol–water partition coefficient (Wildman–Crippen LogP) is 6.68. The summed E-state index contributed by atoms with van der Waals surface area (Å²) in [6.07, 6.45) is -9.33. The molecule has 2 rings (SSSR count). The van der Waals surface area contributed by atoms with Crippen molar-refractivity contribution >= 4 is 40.6 Å². The molecule has 2 N–H and O–H groups in total. The van der Waals surface area contributed by atoms with E-state index in [0.29, 0.717) is 12.1 Å². The van der Waals surface area contributed by atoms with E-state index in [0.717, 1.165) is 24.3 Å². The molecule has 0 bridgehead atoms. The topological polar surface area (TPSA) is 41.1 Å². The molecular weight excluding hydrogens is 409 g/mol. The van der Waals surface area contributed by atoms with Crippen molar-refractivity contribution in [2.24, 2.45) is 0 Å². The van der Waals surface area contributed by atoms with E-state index in [9.17, 15) is 31.1 Å². The summed E-state index contributed by atoms with van der Waals surface area (Å²) in [7, 11) is 0. The Balaban J connectivity index is 2.22. The van der Waals surface area contributed by atoms with Crippen LogP contribution in [-0.4, -0.2) is 6.03 Å². The van der Waals surface area contributed by atoms with E-state index in [1.54, 1.807) is 0 Å². The van der Waals surface area contributed by atoms with Gasteiger partial charge in [0, 0.05) is 0 Å². The molecule has 0 heterocycles. The smallest absolute Gasteiger partial charge is 0.306 e. The van der Waals surface area contributed by atoms with E-state index in [1.165, 1.54) is 0 Å². The van der Waals surface area contributed by atoms with Crippen LogP contribution in [0.1, 0.15) is 11.1 Å². The van der Waals surface area contributed by atoms with E-state index < -0.39 is 29.5 Å². The summed E-state index contributed by atoms with van der Waals surface area (Å²) in [5.74, 6) is 0. The quantitative estimate of drug-likeness (QED) is 0.527. The second-order valence-electron chi connectivity index (χ2n) is 4.96. The Morgan fingerprint density at radius 1 is 0.731 bits per heavy atom. The van der Waals surface area contributed by atoms with Crippen molar-refractivity contribution in [3.63, 3.8) is 0 Å². The van der Waals surface area contributed by atoms with Gasteiger partial charge in [0.15, 0.2) is 0 Å². The van der Waals surface area contributed by atoms with Crippen molar-refractivity contribution in [2.75, 3.05) is 10.6 Å². The molecular formula is C15H8Cl2F6N2O. The molecule has 0 atom stereocenters. The molecule has 0 aliphatic carbocycles. The number of hydrogen-bond donors (Lipinski definition) is 2. The number of alkyl halides is 6. The molecule has 2 amide bonds. The molecule has 11 heteroatoms. The molecule has 0 aliphatic heterocycles. The highest BCUT2D eigenvalue weighted by Crippen LogP contribution is 2.35. The van der Waals surface area contributed by atoms with Gasteiger partial charge >= 0.3 is 18.4 Å². The van der Waals surface area contributed by atoms with Gasteiger partial charge in [-0.3, -0.25) is 0 Å². The van der Waals surface area contributed by atoms with Crippen LogP contribution >= 0.6 is 23.2 Å². The van der Waals surface area contributed by atoms with Crippen molar-refractivity contribution in [3.8, 4) is 0 Å². The van der Waals surface area contributed by atoms with Gasteiger partial charge in [-0.15, -0.1) is 0 Å². The molecule has 0 saturated heterocycles. The van der Waals surface area contributed by atoms with Gasteiger partial charge in [-0.25, -0.2) is 4.79 Å². The number of amides is 2. The Hall–Kier alpha value is -2.13. The fourth-order valence-electron chi connectivity index (χ4n) is 1.87. The molecule has 26 heavy (non-hydrogen) atoms. The number of urea groups is 1. The van der Waals surface area contributed by atoms with Crippen LogP contribution in [0.5, 0.6) is 0 Å². The van der Waals surface area contributed by atoms with E-state index in [1.807, 2.05) is 10.6 Å². The number of halogens is 8. The minimum absolute atomic E-state index is 0.191. The van der Waals surface area contributed by atoms with Crippen molar-refractivity contribution in [1.82, 2.24) is 0 Å². The summed E-state index contributed by atoms with van der Waals surface area (Å²) in [5.41, 5.74) is -2.87. The molecule has 0 saturated carbocycles. The van der Waals surface area contributed by atoms with E-state index >= 15 is 0 Å². The molecule has 140 valence electrons. The zero-order valence-electron chi connectivity index (χ0n) is 12.4. The van der Waals surface area contributed by atoms with Crippen LogP contribution in [0.25, 0.3) is 0 Å². The highest BCUT2D eigenvalue weighted by molar-refractivity contribution is 6.34. The predicted molar refractivity (Wildman–Crippen MR) is 85.5 cm³/mol. The van der Waals surface area contributed by atoms with Crippen molar-refractivity contribution in [2.45, 2.75) is 12.4 Å². The first-order chi connectivity index (χ1) is 11.9. The number of anilines is 2.